The van der Waals surface area contributed by atoms with Gasteiger partial charge in [-0.25, -0.2) is 18.2 Å². The molecule has 3 aromatic heterocycles. The van der Waals surface area contributed by atoms with Crippen LogP contribution in [0.15, 0.2) is 30.7 Å². The normalized spacial score (nSPS) is 22.5. The fourth-order valence-corrected chi connectivity index (χ4v) is 6.31. The molecule has 8 nitrogen and oxygen atoms in total. The highest BCUT2D eigenvalue weighted by molar-refractivity contribution is 5.98. The fraction of sp³-hybridized carbons (Fsp3) is 0.333. The van der Waals surface area contributed by atoms with Crippen molar-refractivity contribution >= 4 is 22.7 Å². The van der Waals surface area contributed by atoms with Gasteiger partial charge in [-0.1, -0.05) is 0 Å². The number of aromatic amines is 1. The number of carboxylic acids is 1. The molecule has 2 atom stereocenters. The minimum Gasteiger partial charge on any atom is -0.481 e. The Balaban J connectivity index is 1.58. The van der Waals surface area contributed by atoms with E-state index in [1.165, 1.54) is 17.1 Å². The predicted molar refractivity (Wildman–Crippen MR) is 132 cm³/mol. The first-order chi connectivity index (χ1) is 18.3. The van der Waals surface area contributed by atoms with Crippen molar-refractivity contribution in [2.45, 2.75) is 31.7 Å². The van der Waals surface area contributed by atoms with Gasteiger partial charge in [-0.2, -0.15) is 10.4 Å². The second kappa shape index (κ2) is 8.90. The molecule has 3 saturated carbocycles. The van der Waals surface area contributed by atoms with Gasteiger partial charge in [-0.15, -0.1) is 0 Å². The summed E-state index contributed by atoms with van der Waals surface area (Å²) < 4.78 is 46.3. The van der Waals surface area contributed by atoms with Crippen LogP contribution in [0, 0.1) is 46.5 Å². The molecule has 11 heteroatoms. The number of halogens is 3. The molecule has 194 valence electrons. The molecule has 0 radical (unpaired) electrons. The lowest BCUT2D eigenvalue weighted by Crippen LogP contribution is -2.51. The van der Waals surface area contributed by atoms with Crippen molar-refractivity contribution in [2.24, 2.45) is 24.8 Å². The number of aryl methyl sites for hydroxylation is 1. The molecule has 1 aromatic carbocycles. The van der Waals surface area contributed by atoms with Crippen LogP contribution in [0.5, 0.6) is 0 Å². The van der Waals surface area contributed by atoms with E-state index in [2.05, 4.69) is 20.4 Å². The average molecular weight is 521 g/mol. The van der Waals surface area contributed by atoms with E-state index in [0.29, 0.717) is 5.56 Å². The summed E-state index contributed by atoms with van der Waals surface area (Å²) in [5.41, 5.74) is 0.343. The molecular formula is C27H23F3N6O2. The van der Waals surface area contributed by atoms with Gasteiger partial charge in [-0.3, -0.25) is 9.48 Å². The number of carbonyl (C=O) groups is 1. The van der Waals surface area contributed by atoms with Crippen LogP contribution in [-0.2, 0) is 11.8 Å². The molecule has 0 aliphatic heterocycles. The molecule has 3 fully saturated rings. The summed E-state index contributed by atoms with van der Waals surface area (Å²) in [6.45, 7) is 0. The standard InChI is InChI=1S/C27H23F3N6O2/c1-36-11-14(9-33-36)20-17(8-31)24(18-10-32-25-16(18)6-15(28)7-19(25)29)35-26(22(20)30)34-23-13-4-2-12(3-5-13)21(23)27(37)38/h6-7,9-13,21,23,32H,2-5H2,1H3,(H,34,35)(H,37,38). The van der Waals surface area contributed by atoms with E-state index in [0.717, 1.165) is 37.8 Å². The Labute approximate surface area is 215 Å². The molecule has 2 bridgehead atoms. The predicted octanol–water partition coefficient (Wildman–Crippen LogP) is 5.22. The number of aromatic nitrogens is 4. The number of benzene rings is 1. The SMILES string of the molecule is Cn1cc(-c2c(F)c(NC3C4CCC(CC4)C3C(=O)O)nc(-c3c[nH]c4c(F)cc(F)cc34)c2C#N)cn1. The number of rotatable bonds is 5. The van der Waals surface area contributed by atoms with Gasteiger partial charge in [0.2, 0.25) is 0 Å². The molecule has 2 unspecified atom stereocenters. The number of pyridine rings is 1. The van der Waals surface area contributed by atoms with Crippen molar-refractivity contribution in [3.63, 3.8) is 0 Å². The number of nitrogens with one attached hydrogen (secondary N) is 2. The first-order valence-electron chi connectivity index (χ1n) is 12.3. The number of nitrogens with zero attached hydrogens (tertiary/aromatic N) is 4. The minimum atomic E-state index is -0.943. The molecule has 3 aliphatic carbocycles. The van der Waals surface area contributed by atoms with Gasteiger partial charge in [0.15, 0.2) is 11.6 Å². The monoisotopic (exact) mass is 520 g/mol. The summed E-state index contributed by atoms with van der Waals surface area (Å²) in [6, 6.07) is 3.32. The number of carboxylic acid groups (broad SMARTS) is 1. The smallest absolute Gasteiger partial charge is 0.308 e. The van der Waals surface area contributed by atoms with Crippen molar-refractivity contribution in [3.05, 3.63) is 53.7 Å². The topological polar surface area (TPSA) is 120 Å². The van der Waals surface area contributed by atoms with Crippen LogP contribution in [-0.4, -0.2) is 36.9 Å². The van der Waals surface area contributed by atoms with Gasteiger partial charge in [0, 0.05) is 53.6 Å². The highest BCUT2D eigenvalue weighted by Crippen LogP contribution is 2.47. The summed E-state index contributed by atoms with van der Waals surface area (Å²) in [5.74, 6) is -4.31. The second-order valence-electron chi connectivity index (χ2n) is 10.1. The Kier molecular flexibility index (Phi) is 5.63. The van der Waals surface area contributed by atoms with E-state index in [1.807, 2.05) is 6.07 Å². The van der Waals surface area contributed by atoms with Crippen LogP contribution in [0.4, 0.5) is 19.0 Å². The summed E-state index contributed by atoms with van der Waals surface area (Å²) in [6.07, 6.45) is 7.62. The van der Waals surface area contributed by atoms with E-state index in [-0.39, 0.29) is 50.9 Å². The van der Waals surface area contributed by atoms with Crippen LogP contribution in [0.1, 0.15) is 31.2 Å². The van der Waals surface area contributed by atoms with Crippen molar-refractivity contribution in [3.8, 4) is 28.5 Å². The molecule has 3 heterocycles. The molecule has 4 aromatic rings. The van der Waals surface area contributed by atoms with E-state index in [4.69, 9.17) is 0 Å². The van der Waals surface area contributed by atoms with Gasteiger partial charge in [0.1, 0.15) is 17.7 Å². The van der Waals surface area contributed by atoms with Crippen LogP contribution in [0.3, 0.4) is 0 Å². The Morgan fingerprint density at radius 3 is 2.61 bits per heavy atom. The van der Waals surface area contributed by atoms with E-state index >= 15 is 4.39 Å². The van der Waals surface area contributed by atoms with Gasteiger partial charge in [0.05, 0.1) is 28.9 Å². The van der Waals surface area contributed by atoms with E-state index < -0.39 is 35.4 Å². The van der Waals surface area contributed by atoms with Crippen molar-refractivity contribution < 1.29 is 23.1 Å². The van der Waals surface area contributed by atoms with Crippen molar-refractivity contribution in [2.75, 3.05) is 5.32 Å². The van der Waals surface area contributed by atoms with Crippen LogP contribution in [0.25, 0.3) is 33.3 Å². The summed E-state index contributed by atoms with van der Waals surface area (Å²) in [4.78, 5) is 19.4. The number of H-pyrrole nitrogens is 1. The molecule has 0 saturated heterocycles. The number of hydrogen-bond acceptors (Lipinski definition) is 5. The fourth-order valence-electron chi connectivity index (χ4n) is 6.31. The molecule has 3 aliphatic rings. The number of hydrogen-bond donors (Lipinski definition) is 3. The number of fused-ring (bicyclic) bond motifs is 4. The lowest BCUT2D eigenvalue weighted by Gasteiger charge is -2.47. The third-order valence-electron chi connectivity index (χ3n) is 8.01. The first-order valence-corrected chi connectivity index (χ1v) is 12.3. The Hall–Kier alpha value is -4.33. The van der Waals surface area contributed by atoms with Crippen LogP contribution >= 0.6 is 0 Å². The van der Waals surface area contributed by atoms with E-state index in [1.54, 1.807) is 13.2 Å². The zero-order valence-corrected chi connectivity index (χ0v) is 20.3. The molecule has 3 N–H and O–H groups in total. The minimum absolute atomic E-state index is 0.0133. The summed E-state index contributed by atoms with van der Waals surface area (Å²) in [5, 5.41) is 27.5. The highest BCUT2D eigenvalue weighted by atomic mass is 19.1. The highest BCUT2D eigenvalue weighted by Gasteiger charge is 2.47. The zero-order chi connectivity index (χ0) is 26.7. The van der Waals surface area contributed by atoms with E-state index in [9.17, 15) is 23.9 Å². The van der Waals surface area contributed by atoms with Crippen LogP contribution in [0.2, 0.25) is 0 Å². The maximum Gasteiger partial charge on any atom is 0.308 e. The molecule has 38 heavy (non-hydrogen) atoms. The Morgan fingerprint density at radius 2 is 1.95 bits per heavy atom. The van der Waals surface area contributed by atoms with Gasteiger partial charge in [-0.05, 0) is 43.6 Å². The number of aliphatic carboxylic acids is 1. The second-order valence-corrected chi connectivity index (χ2v) is 10.1. The van der Waals surface area contributed by atoms with Crippen molar-refractivity contribution in [1.29, 1.82) is 5.26 Å². The molecule has 0 amide bonds. The zero-order valence-electron chi connectivity index (χ0n) is 20.3. The third-order valence-corrected chi connectivity index (χ3v) is 8.01. The maximum absolute atomic E-state index is 16.2. The number of anilines is 1. The molecular weight excluding hydrogens is 497 g/mol. The summed E-state index contributed by atoms with van der Waals surface area (Å²) >= 11 is 0. The van der Waals surface area contributed by atoms with Crippen molar-refractivity contribution in [1.82, 2.24) is 19.7 Å². The molecule has 7 rings (SSSR count). The van der Waals surface area contributed by atoms with Crippen LogP contribution < -0.4 is 5.32 Å². The number of nitriles is 1. The maximum atomic E-state index is 16.2. The summed E-state index contributed by atoms with van der Waals surface area (Å²) in [7, 11) is 1.65. The third kappa shape index (κ3) is 3.70. The lowest BCUT2D eigenvalue weighted by atomic mass is 9.61. The first kappa shape index (κ1) is 24.0. The molecule has 0 spiro atoms. The van der Waals surface area contributed by atoms with Gasteiger partial charge >= 0.3 is 5.97 Å². The van der Waals surface area contributed by atoms with Gasteiger partial charge in [0.25, 0.3) is 0 Å². The largest absolute Gasteiger partial charge is 0.481 e. The Morgan fingerprint density at radius 1 is 1.21 bits per heavy atom. The quantitative estimate of drug-likeness (QED) is 0.332. The van der Waals surface area contributed by atoms with Gasteiger partial charge < -0.3 is 15.4 Å². The lowest BCUT2D eigenvalue weighted by molar-refractivity contribution is -0.148. The Bertz CT molecular complexity index is 1630. The average Bonchev–Trinajstić information content (AvgIpc) is 3.51.